The van der Waals surface area contributed by atoms with E-state index in [4.69, 9.17) is 4.42 Å². The van der Waals surface area contributed by atoms with Crippen molar-refractivity contribution in [3.63, 3.8) is 0 Å². The molecule has 0 radical (unpaired) electrons. The molecule has 0 aromatic carbocycles. The number of anilines is 1. The number of rotatable bonds is 4. The fourth-order valence-electron chi connectivity index (χ4n) is 1.37. The Hall–Kier alpha value is -2.63. The minimum absolute atomic E-state index is 0.316. The van der Waals surface area contributed by atoms with E-state index < -0.39 is 0 Å². The van der Waals surface area contributed by atoms with Crippen LogP contribution in [0, 0.1) is 0 Å². The van der Waals surface area contributed by atoms with Gasteiger partial charge in [0.2, 0.25) is 0 Å². The van der Waals surface area contributed by atoms with E-state index in [0.717, 1.165) is 5.88 Å². The quantitative estimate of drug-likeness (QED) is 0.666. The molecule has 0 saturated carbocycles. The summed E-state index contributed by atoms with van der Waals surface area (Å²) >= 11 is 0. The molecule has 2 heterocycles. The lowest BCUT2D eigenvalue weighted by molar-refractivity contribution is 0.0955. The van der Waals surface area contributed by atoms with Crippen LogP contribution in [0.1, 0.15) is 16.1 Å². The second-order valence-corrected chi connectivity index (χ2v) is 4.01. The largest absolute Gasteiger partial charge is 0.440 e. The number of hydrazone groups is 1. The van der Waals surface area contributed by atoms with E-state index in [1.54, 1.807) is 24.4 Å². The predicted molar refractivity (Wildman–Crippen MR) is 72.3 cm³/mol. The molecule has 2 rings (SSSR count). The maximum atomic E-state index is 11.6. The average Bonchev–Trinajstić information content (AvgIpc) is 2.89. The Kier molecular flexibility index (Phi) is 3.92. The van der Waals surface area contributed by atoms with E-state index in [-0.39, 0.29) is 5.91 Å². The topological polar surface area (TPSA) is 70.7 Å². The first-order valence-electron chi connectivity index (χ1n) is 5.67. The molecular weight excluding hydrogens is 244 g/mol. The Balaban J connectivity index is 1.94. The van der Waals surface area contributed by atoms with E-state index >= 15 is 0 Å². The van der Waals surface area contributed by atoms with E-state index in [1.165, 1.54) is 12.4 Å². The number of pyridine rings is 1. The Morgan fingerprint density at radius 1 is 1.42 bits per heavy atom. The summed E-state index contributed by atoms with van der Waals surface area (Å²) in [4.78, 5) is 17.3. The number of hydrogen-bond acceptors (Lipinski definition) is 5. The molecule has 0 saturated heterocycles. The van der Waals surface area contributed by atoms with Gasteiger partial charge in [-0.25, -0.2) is 5.43 Å². The van der Waals surface area contributed by atoms with Gasteiger partial charge in [-0.1, -0.05) is 0 Å². The summed E-state index contributed by atoms with van der Waals surface area (Å²) < 4.78 is 5.45. The lowest BCUT2D eigenvalue weighted by Gasteiger charge is -2.05. The monoisotopic (exact) mass is 258 g/mol. The molecule has 2 aromatic rings. The Labute approximate surface area is 110 Å². The van der Waals surface area contributed by atoms with Gasteiger partial charge in [-0.15, -0.1) is 0 Å². The summed E-state index contributed by atoms with van der Waals surface area (Å²) in [6.45, 7) is 0. The van der Waals surface area contributed by atoms with E-state index in [2.05, 4.69) is 15.5 Å². The number of nitrogens with zero attached hydrogens (tertiary/aromatic N) is 3. The summed E-state index contributed by atoms with van der Waals surface area (Å²) in [6, 6.07) is 6.95. The summed E-state index contributed by atoms with van der Waals surface area (Å²) in [7, 11) is 3.76. The number of furan rings is 1. The molecule has 6 heteroatoms. The number of aromatic nitrogens is 1. The molecule has 0 bridgehead atoms. The smallest absolute Gasteiger partial charge is 0.272 e. The van der Waals surface area contributed by atoms with Crippen LogP contribution >= 0.6 is 0 Å². The van der Waals surface area contributed by atoms with Crippen LogP contribution in [0.25, 0.3) is 0 Å². The first kappa shape index (κ1) is 12.8. The molecular formula is C13H14N4O2. The zero-order valence-corrected chi connectivity index (χ0v) is 10.7. The van der Waals surface area contributed by atoms with Crippen LogP contribution in [0.2, 0.25) is 0 Å². The van der Waals surface area contributed by atoms with Crippen molar-refractivity contribution in [1.82, 2.24) is 10.4 Å². The number of carbonyl (C=O) groups excluding carboxylic acids is 1. The SMILES string of the molecule is CN(C)c1ccc(/C=N\NC(=O)c2cccnc2)o1. The molecule has 0 spiro atoms. The predicted octanol–water partition coefficient (Wildman–Crippen LogP) is 1.50. The van der Waals surface area contributed by atoms with Crippen LogP contribution in [0.4, 0.5) is 5.88 Å². The van der Waals surface area contributed by atoms with Crippen molar-refractivity contribution in [3.05, 3.63) is 48.0 Å². The lowest BCUT2D eigenvalue weighted by Crippen LogP contribution is -2.17. The number of hydrogen-bond donors (Lipinski definition) is 1. The molecule has 0 aliphatic rings. The minimum Gasteiger partial charge on any atom is -0.440 e. The first-order chi connectivity index (χ1) is 9.16. The van der Waals surface area contributed by atoms with Crippen molar-refractivity contribution < 1.29 is 9.21 Å². The molecule has 0 aliphatic heterocycles. The Bertz CT molecular complexity index is 575. The summed E-state index contributed by atoms with van der Waals surface area (Å²) in [5.74, 6) is 0.971. The highest BCUT2D eigenvalue weighted by atomic mass is 16.4. The number of amides is 1. The van der Waals surface area contributed by atoms with Crippen LogP contribution < -0.4 is 10.3 Å². The maximum Gasteiger partial charge on any atom is 0.272 e. The molecule has 6 nitrogen and oxygen atoms in total. The third-order valence-electron chi connectivity index (χ3n) is 2.33. The second-order valence-electron chi connectivity index (χ2n) is 4.01. The van der Waals surface area contributed by atoms with Crippen molar-refractivity contribution >= 4 is 18.0 Å². The fraction of sp³-hybridized carbons (Fsp3) is 0.154. The highest BCUT2D eigenvalue weighted by molar-refractivity contribution is 5.94. The fourth-order valence-corrected chi connectivity index (χ4v) is 1.37. The lowest BCUT2D eigenvalue weighted by atomic mass is 10.3. The Morgan fingerprint density at radius 2 is 2.26 bits per heavy atom. The zero-order chi connectivity index (χ0) is 13.7. The van der Waals surface area contributed by atoms with Crippen molar-refractivity contribution in [3.8, 4) is 0 Å². The van der Waals surface area contributed by atoms with Crippen molar-refractivity contribution in [2.75, 3.05) is 19.0 Å². The van der Waals surface area contributed by atoms with Crippen molar-refractivity contribution in [2.45, 2.75) is 0 Å². The van der Waals surface area contributed by atoms with Crippen LogP contribution in [-0.4, -0.2) is 31.2 Å². The Morgan fingerprint density at radius 3 is 2.89 bits per heavy atom. The van der Waals surface area contributed by atoms with Gasteiger partial charge in [0.05, 0.1) is 11.8 Å². The van der Waals surface area contributed by atoms with E-state index in [1.807, 2.05) is 25.1 Å². The van der Waals surface area contributed by atoms with E-state index in [0.29, 0.717) is 11.3 Å². The van der Waals surface area contributed by atoms with Gasteiger partial charge in [-0.3, -0.25) is 9.78 Å². The minimum atomic E-state index is -0.316. The first-order valence-corrected chi connectivity index (χ1v) is 5.67. The van der Waals surface area contributed by atoms with Crippen molar-refractivity contribution in [1.29, 1.82) is 0 Å². The van der Waals surface area contributed by atoms with Crippen LogP contribution in [0.3, 0.4) is 0 Å². The van der Waals surface area contributed by atoms with Gasteiger partial charge in [-0.05, 0) is 18.2 Å². The number of nitrogens with one attached hydrogen (secondary N) is 1. The molecule has 0 unspecified atom stereocenters. The standard InChI is InChI=1S/C13H14N4O2/c1-17(2)12-6-5-11(19-12)9-15-16-13(18)10-4-3-7-14-8-10/h3-9H,1-2H3,(H,16,18)/b15-9-. The van der Waals surface area contributed by atoms with Gasteiger partial charge in [-0.2, -0.15) is 5.10 Å². The molecule has 0 fully saturated rings. The van der Waals surface area contributed by atoms with Crippen LogP contribution in [0.5, 0.6) is 0 Å². The van der Waals surface area contributed by atoms with Gasteiger partial charge in [0.1, 0.15) is 5.76 Å². The third kappa shape index (κ3) is 3.41. The summed E-state index contributed by atoms with van der Waals surface area (Å²) in [6.07, 6.45) is 4.52. The van der Waals surface area contributed by atoms with Gasteiger partial charge < -0.3 is 9.32 Å². The average molecular weight is 258 g/mol. The molecule has 2 aromatic heterocycles. The maximum absolute atomic E-state index is 11.6. The normalized spacial score (nSPS) is 10.6. The molecule has 0 aliphatic carbocycles. The van der Waals surface area contributed by atoms with E-state index in [9.17, 15) is 4.79 Å². The van der Waals surface area contributed by atoms with Crippen LogP contribution in [-0.2, 0) is 0 Å². The number of carbonyl (C=O) groups is 1. The third-order valence-corrected chi connectivity index (χ3v) is 2.33. The highest BCUT2D eigenvalue weighted by Gasteiger charge is 2.03. The second kappa shape index (κ2) is 5.81. The van der Waals surface area contributed by atoms with Crippen LogP contribution in [0.15, 0.2) is 46.2 Å². The molecule has 0 atom stereocenters. The molecule has 1 amide bonds. The molecule has 98 valence electrons. The van der Waals surface area contributed by atoms with Gasteiger partial charge in [0.15, 0.2) is 5.88 Å². The highest BCUT2D eigenvalue weighted by Crippen LogP contribution is 2.13. The van der Waals surface area contributed by atoms with Gasteiger partial charge >= 0.3 is 0 Å². The zero-order valence-electron chi connectivity index (χ0n) is 10.7. The van der Waals surface area contributed by atoms with Gasteiger partial charge in [0.25, 0.3) is 5.91 Å². The van der Waals surface area contributed by atoms with Gasteiger partial charge in [0, 0.05) is 32.6 Å². The molecule has 19 heavy (non-hydrogen) atoms. The summed E-state index contributed by atoms with van der Waals surface area (Å²) in [5.41, 5.74) is 2.85. The summed E-state index contributed by atoms with van der Waals surface area (Å²) in [5, 5.41) is 3.83. The molecule has 1 N–H and O–H groups in total. The van der Waals surface area contributed by atoms with Crippen molar-refractivity contribution in [2.24, 2.45) is 5.10 Å².